The highest BCUT2D eigenvalue weighted by Crippen LogP contribution is 2.16. The van der Waals surface area contributed by atoms with Crippen molar-refractivity contribution in [1.82, 2.24) is 0 Å². The molecule has 0 spiro atoms. The van der Waals surface area contributed by atoms with Crippen molar-refractivity contribution in [2.75, 3.05) is 11.9 Å². The molecule has 0 saturated heterocycles. The first-order chi connectivity index (χ1) is 12.4. The number of rotatable bonds is 7. The quantitative estimate of drug-likeness (QED) is 0.658. The van der Waals surface area contributed by atoms with Gasteiger partial charge in [-0.1, -0.05) is 12.1 Å². The third-order valence-electron chi connectivity index (χ3n) is 3.31. The van der Waals surface area contributed by atoms with Crippen molar-refractivity contribution in [1.29, 1.82) is 0 Å². The summed E-state index contributed by atoms with van der Waals surface area (Å²) < 4.78 is 5.33. The SMILES string of the molecule is CCOc1ccc(/C=C/C(=O)Nc2cc(C(=O)O)cc(C(=O)O)c2)cc1. The maximum atomic E-state index is 12.0. The molecule has 0 heterocycles. The average Bonchev–Trinajstić information content (AvgIpc) is 2.61. The number of hydrogen-bond donors (Lipinski definition) is 3. The van der Waals surface area contributed by atoms with Gasteiger partial charge in [-0.25, -0.2) is 9.59 Å². The first-order valence-corrected chi connectivity index (χ1v) is 7.72. The fourth-order valence-electron chi connectivity index (χ4n) is 2.14. The van der Waals surface area contributed by atoms with Gasteiger partial charge in [-0.2, -0.15) is 0 Å². The summed E-state index contributed by atoms with van der Waals surface area (Å²) in [6, 6.07) is 10.5. The molecule has 0 aromatic heterocycles. The number of ether oxygens (including phenoxy) is 1. The minimum Gasteiger partial charge on any atom is -0.494 e. The molecule has 26 heavy (non-hydrogen) atoms. The van der Waals surface area contributed by atoms with Crippen LogP contribution in [0.1, 0.15) is 33.2 Å². The van der Waals surface area contributed by atoms with Crippen LogP contribution < -0.4 is 10.1 Å². The summed E-state index contributed by atoms with van der Waals surface area (Å²) in [6.45, 7) is 2.44. The second-order valence-corrected chi connectivity index (χ2v) is 5.23. The lowest BCUT2D eigenvalue weighted by Crippen LogP contribution is -2.10. The topological polar surface area (TPSA) is 113 Å². The molecule has 2 rings (SSSR count). The third-order valence-corrected chi connectivity index (χ3v) is 3.31. The van der Waals surface area contributed by atoms with Crippen LogP contribution in [0.25, 0.3) is 6.08 Å². The first kappa shape index (κ1) is 18.7. The van der Waals surface area contributed by atoms with E-state index < -0.39 is 17.8 Å². The molecule has 1 amide bonds. The van der Waals surface area contributed by atoms with Crippen LogP contribution in [0.4, 0.5) is 5.69 Å². The second-order valence-electron chi connectivity index (χ2n) is 5.23. The van der Waals surface area contributed by atoms with Crippen molar-refractivity contribution in [3.8, 4) is 5.75 Å². The smallest absolute Gasteiger partial charge is 0.335 e. The lowest BCUT2D eigenvalue weighted by Gasteiger charge is -2.06. The molecule has 7 nitrogen and oxygen atoms in total. The van der Waals surface area contributed by atoms with Crippen LogP contribution in [0, 0.1) is 0 Å². The number of carbonyl (C=O) groups excluding carboxylic acids is 1. The van der Waals surface area contributed by atoms with Crippen LogP contribution in [-0.2, 0) is 4.79 Å². The Morgan fingerprint density at radius 3 is 2.08 bits per heavy atom. The number of nitrogens with one attached hydrogen (secondary N) is 1. The molecule has 0 saturated carbocycles. The van der Waals surface area contributed by atoms with Gasteiger partial charge in [-0.3, -0.25) is 4.79 Å². The van der Waals surface area contributed by atoms with Gasteiger partial charge in [0.15, 0.2) is 0 Å². The van der Waals surface area contributed by atoms with E-state index in [2.05, 4.69) is 5.32 Å². The number of aromatic carboxylic acids is 2. The van der Waals surface area contributed by atoms with E-state index in [1.807, 2.05) is 6.92 Å². The van der Waals surface area contributed by atoms with E-state index in [0.29, 0.717) is 6.61 Å². The predicted octanol–water partition coefficient (Wildman–Crippen LogP) is 3.13. The Bertz CT molecular complexity index is 823. The number of benzene rings is 2. The minimum atomic E-state index is -1.28. The van der Waals surface area contributed by atoms with Gasteiger partial charge >= 0.3 is 11.9 Å². The fraction of sp³-hybridized carbons (Fsp3) is 0.105. The van der Waals surface area contributed by atoms with E-state index in [-0.39, 0.29) is 16.8 Å². The van der Waals surface area contributed by atoms with Gasteiger partial charge < -0.3 is 20.3 Å². The van der Waals surface area contributed by atoms with Crippen LogP contribution in [-0.4, -0.2) is 34.7 Å². The number of hydrogen-bond acceptors (Lipinski definition) is 4. The zero-order valence-electron chi connectivity index (χ0n) is 13.9. The molecule has 7 heteroatoms. The number of carboxylic acids is 2. The molecule has 0 fully saturated rings. The number of carboxylic acid groups (broad SMARTS) is 2. The van der Waals surface area contributed by atoms with Crippen LogP contribution >= 0.6 is 0 Å². The molecule has 0 unspecified atom stereocenters. The highest BCUT2D eigenvalue weighted by atomic mass is 16.5. The van der Waals surface area contributed by atoms with Gasteiger partial charge in [0.05, 0.1) is 17.7 Å². The Kier molecular flexibility index (Phi) is 6.10. The molecule has 0 bridgehead atoms. The third kappa shape index (κ3) is 5.20. The Morgan fingerprint density at radius 1 is 1.00 bits per heavy atom. The van der Waals surface area contributed by atoms with Gasteiger partial charge in [0.2, 0.25) is 5.91 Å². The van der Waals surface area contributed by atoms with Crippen LogP contribution in [0.3, 0.4) is 0 Å². The maximum absolute atomic E-state index is 12.0. The van der Waals surface area contributed by atoms with Crippen molar-refractivity contribution in [3.63, 3.8) is 0 Å². The van der Waals surface area contributed by atoms with Crippen molar-refractivity contribution in [3.05, 3.63) is 65.2 Å². The van der Waals surface area contributed by atoms with Crippen molar-refractivity contribution in [2.45, 2.75) is 6.92 Å². The molecule has 0 radical (unpaired) electrons. The molecular weight excluding hydrogens is 338 g/mol. The zero-order chi connectivity index (χ0) is 19.1. The average molecular weight is 355 g/mol. The molecular formula is C19H17NO6. The van der Waals surface area contributed by atoms with E-state index in [9.17, 15) is 14.4 Å². The van der Waals surface area contributed by atoms with Crippen molar-refractivity contribution in [2.24, 2.45) is 0 Å². The largest absolute Gasteiger partial charge is 0.494 e. The molecule has 3 N–H and O–H groups in total. The Labute approximate surface area is 149 Å². The lowest BCUT2D eigenvalue weighted by molar-refractivity contribution is -0.111. The zero-order valence-corrected chi connectivity index (χ0v) is 13.9. The molecule has 2 aromatic rings. The van der Waals surface area contributed by atoms with Crippen molar-refractivity contribution >= 4 is 29.6 Å². The number of amides is 1. The van der Waals surface area contributed by atoms with E-state index in [0.717, 1.165) is 17.4 Å². The summed E-state index contributed by atoms with van der Waals surface area (Å²) in [7, 11) is 0. The summed E-state index contributed by atoms with van der Waals surface area (Å²) in [5.74, 6) is -2.36. The Balaban J connectivity index is 2.11. The summed E-state index contributed by atoms with van der Waals surface area (Å²) >= 11 is 0. The monoisotopic (exact) mass is 355 g/mol. The normalized spacial score (nSPS) is 10.5. The second kappa shape index (κ2) is 8.48. The Hall–Kier alpha value is -3.61. The first-order valence-electron chi connectivity index (χ1n) is 7.72. The molecule has 134 valence electrons. The van der Waals surface area contributed by atoms with Gasteiger partial charge in [0.25, 0.3) is 0 Å². The van der Waals surface area contributed by atoms with E-state index >= 15 is 0 Å². The standard InChI is InChI=1S/C19H17NO6/c1-2-26-16-6-3-12(4-7-16)5-8-17(21)20-15-10-13(18(22)23)9-14(11-15)19(24)25/h3-11H,2H2,1H3,(H,20,21)(H,22,23)(H,24,25)/b8-5+. The summed E-state index contributed by atoms with van der Waals surface area (Å²) in [4.78, 5) is 34.1. The van der Waals surface area contributed by atoms with Crippen molar-refractivity contribution < 1.29 is 29.3 Å². The minimum absolute atomic E-state index is 0.0867. The maximum Gasteiger partial charge on any atom is 0.335 e. The van der Waals surface area contributed by atoms with Gasteiger partial charge in [-0.05, 0) is 48.9 Å². The molecule has 0 atom stereocenters. The van der Waals surface area contributed by atoms with E-state index in [1.54, 1.807) is 30.3 Å². The van der Waals surface area contributed by atoms with E-state index in [1.165, 1.54) is 18.2 Å². The molecule has 2 aromatic carbocycles. The number of carbonyl (C=O) groups is 3. The van der Waals surface area contributed by atoms with Crippen LogP contribution in [0.5, 0.6) is 5.75 Å². The highest BCUT2D eigenvalue weighted by molar-refractivity contribution is 6.04. The van der Waals surface area contributed by atoms with Crippen LogP contribution in [0.15, 0.2) is 48.5 Å². The van der Waals surface area contributed by atoms with Gasteiger partial charge in [0, 0.05) is 11.8 Å². The highest BCUT2D eigenvalue weighted by Gasteiger charge is 2.12. The Morgan fingerprint density at radius 2 is 1.58 bits per heavy atom. The molecule has 0 aliphatic rings. The van der Waals surface area contributed by atoms with Gasteiger partial charge in [0.1, 0.15) is 5.75 Å². The molecule has 0 aliphatic heterocycles. The van der Waals surface area contributed by atoms with Gasteiger partial charge in [-0.15, -0.1) is 0 Å². The molecule has 0 aliphatic carbocycles. The number of anilines is 1. The fourth-order valence-corrected chi connectivity index (χ4v) is 2.14. The van der Waals surface area contributed by atoms with E-state index in [4.69, 9.17) is 14.9 Å². The lowest BCUT2D eigenvalue weighted by atomic mass is 10.1. The van der Waals surface area contributed by atoms with Crippen LogP contribution in [0.2, 0.25) is 0 Å². The summed E-state index contributed by atoms with van der Waals surface area (Å²) in [6.07, 6.45) is 2.84. The summed E-state index contributed by atoms with van der Waals surface area (Å²) in [5.41, 5.74) is 0.407. The summed E-state index contributed by atoms with van der Waals surface area (Å²) in [5, 5.41) is 20.5. The predicted molar refractivity (Wildman–Crippen MR) is 95.6 cm³/mol.